The first-order valence-corrected chi connectivity index (χ1v) is 9.28. The van der Waals surface area contributed by atoms with Crippen LogP contribution in [0.4, 0.5) is 5.95 Å². The molecular weight excluding hydrogens is 338 g/mol. The number of hydrogen-bond acceptors (Lipinski definition) is 5. The van der Waals surface area contributed by atoms with Crippen molar-refractivity contribution in [3.8, 4) is 11.3 Å². The third-order valence-electron chi connectivity index (χ3n) is 4.34. The predicted molar refractivity (Wildman–Crippen MR) is 109 cm³/mol. The van der Waals surface area contributed by atoms with Gasteiger partial charge in [-0.2, -0.15) is 0 Å². The number of rotatable bonds is 9. The number of benzene rings is 1. The Morgan fingerprint density at radius 3 is 2.56 bits per heavy atom. The highest BCUT2D eigenvalue weighted by atomic mass is 16.1. The van der Waals surface area contributed by atoms with Crippen LogP contribution >= 0.6 is 0 Å². The summed E-state index contributed by atoms with van der Waals surface area (Å²) in [5.41, 5.74) is 8.38. The van der Waals surface area contributed by atoms with E-state index in [4.69, 9.17) is 5.73 Å². The van der Waals surface area contributed by atoms with Crippen LogP contribution in [0.5, 0.6) is 0 Å². The second-order valence-corrected chi connectivity index (χ2v) is 6.35. The number of nitrogens with two attached hydrogens (primary N) is 1. The highest BCUT2D eigenvalue weighted by molar-refractivity contribution is 5.59. The minimum Gasteiger partial charge on any atom is -0.356 e. The van der Waals surface area contributed by atoms with Gasteiger partial charge in [0, 0.05) is 37.1 Å². The molecule has 0 aliphatic heterocycles. The van der Waals surface area contributed by atoms with Crippen molar-refractivity contribution in [1.82, 2.24) is 14.5 Å². The van der Waals surface area contributed by atoms with Gasteiger partial charge in [0.1, 0.15) is 0 Å². The second kappa shape index (κ2) is 9.64. The molecule has 27 heavy (non-hydrogen) atoms. The van der Waals surface area contributed by atoms with Crippen LogP contribution in [0.3, 0.4) is 0 Å². The average Bonchev–Trinajstić information content (AvgIpc) is 2.72. The van der Waals surface area contributed by atoms with Crippen molar-refractivity contribution in [3.05, 3.63) is 76.8 Å². The van der Waals surface area contributed by atoms with Gasteiger partial charge in [-0.25, -0.2) is 4.98 Å². The maximum atomic E-state index is 12.6. The molecule has 0 radical (unpaired) electrons. The van der Waals surface area contributed by atoms with E-state index in [-0.39, 0.29) is 5.56 Å². The molecule has 0 amide bonds. The molecule has 0 aliphatic carbocycles. The Morgan fingerprint density at radius 1 is 1.04 bits per heavy atom. The van der Waals surface area contributed by atoms with Gasteiger partial charge in [-0.1, -0.05) is 30.3 Å². The predicted octanol–water partition coefficient (Wildman–Crippen LogP) is 2.70. The van der Waals surface area contributed by atoms with E-state index in [1.807, 2.05) is 30.3 Å². The summed E-state index contributed by atoms with van der Waals surface area (Å²) in [6.45, 7) is 1.83. The molecular formula is C21H25N5O. The summed E-state index contributed by atoms with van der Waals surface area (Å²) in [4.78, 5) is 21.3. The van der Waals surface area contributed by atoms with Crippen molar-refractivity contribution < 1.29 is 0 Å². The maximum absolute atomic E-state index is 12.6. The lowest BCUT2D eigenvalue weighted by molar-refractivity contribution is 0.623. The van der Waals surface area contributed by atoms with Crippen molar-refractivity contribution in [3.63, 3.8) is 0 Å². The zero-order chi connectivity index (χ0) is 18.9. The topological polar surface area (TPSA) is 85.8 Å². The molecule has 3 rings (SSSR count). The first kappa shape index (κ1) is 18.8. The van der Waals surface area contributed by atoms with E-state index < -0.39 is 0 Å². The zero-order valence-corrected chi connectivity index (χ0v) is 15.3. The van der Waals surface area contributed by atoms with Crippen LogP contribution in [-0.4, -0.2) is 27.6 Å². The first-order valence-electron chi connectivity index (χ1n) is 9.28. The number of pyridine rings is 1. The van der Waals surface area contributed by atoms with Crippen LogP contribution in [0.1, 0.15) is 18.4 Å². The van der Waals surface area contributed by atoms with Gasteiger partial charge in [-0.05, 0) is 43.5 Å². The fraction of sp³-hybridized carbons (Fsp3) is 0.286. The Hall–Kier alpha value is -2.99. The number of anilines is 1. The molecule has 0 saturated carbocycles. The largest absolute Gasteiger partial charge is 0.356 e. The Labute approximate surface area is 159 Å². The molecule has 0 saturated heterocycles. The minimum atomic E-state index is -0.0733. The van der Waals surface area contributed by atoms with Crippen molar-refractivity contribution in [2.45, 2.75) is 25.8 Å². The summed E-state index contributed by atoms with van der Waals surface area (Å²) in [5, 5.41) is 3.34. The summed E-state index contributed by atoms with van der Waals surface area (Å²) in [7, 11) is 0. The number of hydrogen-bond donors (Lipinski definition) is 2. The number of nitrogens with one attached hydrogen (secondary N) is 1. The standard InChI is InChI=1S/C21H25N5O/c22-11-5-15-26-20(27)16-19(18-9-13-23-14-10-18)25-21(26)24-12-4-8-17-6-2-1-3-7-17/h1-3,6-7,9-10,13-14,16H,4-5,8,11-12,15,22H2,(H,24,25). The van der Waals surface area contributed by atoms with E-state index in [0.717, 1.165) is 31.4 Å². The fourth-order valence-electron chi connectivity index (χ4n) is 2.91. The fourth-order valence-corrected chi connectivity index (χ4v) is 2.91. The van der Waals surface area contributed by atoms with Crippen LogP contribution in [0, 0.1) is 0 Å². The average molecular weight is 363 g/mol. The molecule has 0 bridgehead atoms. The van der Waals surface area contributed by atoms with Gasteiger partial charge < -0.3 is 11.1 Å². The highest BCUT2D eigenvalue weighted by Crippen LogP contribution is 2.16. The summed E-state index contributed by atoms with van der Waals surface area (Å²) in [6, 6.07) is 15.6. The number of aromatic nitrogens is 3. The molecule has 0 unspecified atom stereocenters. The molecule has 3 N–H and O–H groups in total. The smallest absolute Gasteiger partial charge is 0.255 e. The Kier molecular flexibility index (Phi) is 6.71. The second-order valence-electron chi connectivity index (χ2n) is 6.35. The van der Waals surface area contributed by atoms with E-state index in [1.165, 1.54) is 5.56 Å². The quantitative estimate of drug-likeness (QED) is 0.571. The van der Waals surface area contributed by atoms with E-state index >= 15 is 0 Å². The van der Waals surface area contributed by atoms with Crippen LogP contribution in [0.2, 0.25) is 0 Å². The highest BCUT2D eigenvalue weighted by Gasteiger charge is 2.10. The lowest BCUT2D eigenvalue weighted by Crippen LogP contribution is -2.26. The Bertz CT molecular complexity index is 893. The van der Waals surface area contributed by atoms with Gasteiger partial charge in [0.05, 0.1) is 5.69 Å². The summed E-state index contributed by atoms with van der Waals surface area (Å²) < 4.78 is 1.67. The Morgan fingerprint density at radius 2 is 1.81 bits per heavy atom. The summed E-state index contributed by atoms with van der Waals surface area (Å²) in [6.07, 6.45) is 6.06. The van der Waals surface area contributed by atoms with E-state index in [9.17, 15) is 4.79 Å². The van der Waals surface area contributed by atoms with E-state index in [0.29, 0.717) is 24.7 Å². The monoisotopic (exact) mass is 363 g/mol. The van der Waals surface area contributed by atoms with Gasteiger partial charge in [-0.15, -0.1) is 0 Å². The summed E-state index contributed by atoms with van der Waals surface area (Å²) in [5.74, 6) is 0.593. The molecule has 140 valence electrons. The van der Waals surface area contributed by atoms with Gasteiger partial charge in [0.25, 0.3) is 5.56 Å². The van der Waals surface area contributed by atoms with Crippen molar-refractivity contribution in [2.75, 3.05) is 18.4 Å². The Balaban J connectivity index is 1.75. The van der Waals surface area contributed by atoms with Crippen LogP contribution in [0.25, 0.3) is 11.3 Å². The minimum absolute atomic E-state index is 0.0733. The SMILES string of the molecule is NCCCn1c(NCCCc2ccccc2)nc(-c2ccncc2)cc1=O. The zero-order valence-electron chi connectivity index (χ0n) is 15.3. The third kappa shape index (κ3) is 5.24. The molecule has 2 heterocycles. The van der Waals surface area contributed by atoms with Gasteiger partial charge >= 0.3 is 0 Å². The van der Waals surface area contributed by atoms with Crippen LogP contribution in [-0.2, 0) is 13.0 Å². The van der Waals surface area contributed by atoms with E-state index in [1.54, 1.807) is 23.0 Å². The van der Waals surface area contributed by atoms with Crippen LogP contribution in [0.15, 0.2) is 65.7 Å². The molecule has 2 aromatic heterocycles. The molecule has 6 nitrogen and oxygen atoms in total. The molecule has 0 spiro atoms. The molecule has 0 atom stereocenters. The maximum Gasteiger partial charge on any atom is 0.255 e. The molecule has 0 aliphatic rings. The number of nitrogens with zero attached hydrogens (tertiary/aromatic N) is 3. The molecule has 1 aromatic carbocycles. The van der Waals surface area contributed by atoms with Gasteiger partial charge in [0.15, 0.2) is 0 Å². The lowest BCUT2D eigenvalue weighted by atomic mass is 10.1. The number of aryl methyl sites for hydroxylation is 1. The van der Waals surface area contributed by atoms with E-state index in [2.05, 4.69) is 27.4 Å². The van der Waals surface area contributed by atoms with Crippen molar-refractivity contribution >= 4 is 5.95 Å². The van der Waals surface area contributed by atoms with Crippen LogP contribution < -0.4 is 16.6 Å². The van der Waals surface area contributed by atoms with Gasteiger partial charge in [-0.3, -0.25) is 14.3 Å². The molecule has 3 aromatic rings. The third-order valence-corrected chi connectivity index (χ3v) is 4.34. The summed E-state index contributed by atoms with van der Waals surface area (Å²) >= 11 is 0. The lowest BCUT2D eigenvalue weighted by Gasteiger charge is -2.15. The molecule has 6 heteroatoms. The van der Waals surface area contributed by atoms with Gasteiger partial charge in [0.2, 0.25) is 5.95 Å². The van der Waals surface area contributed by atoms with Crippen molar-refractivity contribution in [2.24, 2.45) is 5.73 Å². The molecule has 0 fully saturated rings. The van der Waals surface area contributed by atoms with Crippen molar-refractivity contribution in [1.29, 1.82) is 0 Å². The first-order chi connectivity index (χ1) is 13.3. The normalized spacial score (nSPS) is 10.7.